The minimum absolute atomic E-state index is 0.00888. The molecule has 42 heavy (non-hydrogen) atoms. The molecule has 1 aliphatic heterocycles. The monoisotopic (exact) mass is 575 g/mol. The average molecular weight is 576 g/mol. The van der Waals surface area contributed by atoms with E-state index in [4.69, 9.17) is 11.6 Å². The van der Waals surface area contributed by atoms with Gasteiger partial charge in [-0.15, -0.1) is 5.10 Å². The van der Waals surface area contributed by atoms with E-state index in [0.29, 0.717) is 39.7 Å². The molecular weight excluding hydrogens is 546 g/mol. The molecule has 1 aliphatic carbocycles. The van der Waals surface area contributed by atoms with Gasteiger partial charge in [-0.3, -0.25) is 9.97 Å². The van der Waals surface area contributed by atoms with Crippen molar-refractivity contribution in [3.05, 3.63) is 107 Å². The molecule has 1 saturated carbocycles. The van der Waals surface area contributed by atoms with E-state index in [1.807, 2.05) is 59.5 Å². The average Bonchev–Trinajstić information content (AvgIpc) is 3.34. The summed E-state index contributed by atoms with van der Waals surface area (Å²) in [5.41, 5.74) is 5.47. The van der Waals surface area contributed by atoms with Crippen LogP contribution >= 0.6 is 11.6 Å². The summed E-state index contributed by atoms with van der Waals surface area (Å²) in [6.45, 7) is 4.18. The Kier molecular flexibility index (Phi) is 6.94. The maximum atomic E-state index is 10.0. The van der Waals surface area contributed by atoms with E-state index in [2.05, 4.69) is 61.4 Å². The fourth-order valence-electron chi connectivity index (χ4n) is 6.25. The van der Waals surface area contributed by atoms with Crippen LogP contribution in [0.25, 0.3) is 10.9 Å². The van der Waals surface area contributed by atoms with Crippen LogP contribution in [0.2, 0.25) is 5.02 Å². The SMILES string of the molecule is CC[C@@H](Nc1c(C#N)cnc2c(Cl)cc(N[C@@H](c3cccnc3)c3cn(C4[C@H]5CNC[C@@H]45)nn3)cc12)c1ccccc1. The van der Waals surface area contributed by atoms with Crippen molar-refractivity contribution in [3.63, 3.8) is 0 Å². The largest absolute Gasteiger partial charge is 0.377 e. The molecule has 210 valence electrons. The predicted octanol–water partition coefficient (Wildman–Crippen LogP) is 5.90. The first kappa shape index (κ1) is 26.4. The number of nitrogens with one attached hydrogen (secondary N) is 3. The van der Waals surface area contributed by atoms with Crippen LogP contribution < -0.4 is 16.0 Å². The Morgan fingerprint density at radius 1 is 1.07 bits per heavy atom. The first-order valence-corrected chi connectivity index (χ1v) is 14.6. The van der Waals surface area contributed by atoms with E-state index in [1.54, 1.807) is 12.4 Å². The van der Waals surface area contributed by atoms with Crippen LogP contribution in [0.1, 0.15) is 53.9 Å². The number of halogens is 1. The van der Waals surface area contributed by atoms with Crippen LogP contribution in [-0.2, 0) is 0 Å². The number of nitrogens with zero attached hydrogens (tertiary/aromatic N) is 6. The molecule has 2 aliphatic rings. The third-order valence-electron chi connectivity index (χ3n) is 8.48. The Hall–Kier alpha value is -4.52. The molecule has 0 spiro atoms. The molecular formula is C32H30ClN9. The van der Waals surface area contributed by atoms with E-state index in [0.717, 1.165) is 47.4 Å². The Labute approximate surface area is 249 Å². The minimum Gasteiger partial charge on any atom is -0.377 e. The number of fused-ring (bicyclic) bond motifs is 2. The molecule has 7 rings (SSSR count). The van der Waals surface area contributed by atoms with E-state index in [1.165, 1.54) is 0 Å². The summed E-state index contributed by atoms with van der Waals surface area (Å²) in [7, 11) is 0. The Balaban J connectivity index is 1.27. The van der Waals surface area contributed by atoms with E-state index in [9.17, 15) is 5.26 Å². The maximum Gasteiger partial charge on any atom is 0.110 e. The van der Waals surface area contributed by atoms with Gasteiger partial charge in [-0.2, -0.15) is 5.26 Å². The van der Waals surface area contributed by atoms with Crippen LogP contribution in [0.4, 0.5) is 11.4 Å². The Morgan fingerprint density at radius 2 is 1.88 bits per heavy atom. The number of hydrogen-bond acceptors (Lipinski definition) is 8. The molecule has 0 radical (unpaired) electrons. The summed E-state index contributed by atoms with van der Waals surface area (Å²) in [5.74, 6) is 1.25. The number of hydrogen-bond donors (Lipinski definition) is 3. The summed E-state index contributed by atoms with van der Waals surface area (Å²) in [5, 5.41) is 31.1. The Bertz CT molecular complexity index is 1760. The molecule has 3 aromatic heterocycles. The van der Waals surface area contributed by atoms with Crippen molar-refractivity contribution in [3.8, 4) is 6.07 Å². The van der Waals surface area contributed by atoms with Gasteiger partial charge in [0, 0.05) is 54.6 Å². The van der Waals surface area contributed by atoms with Crippen molar-refractivity contribution in [1.82, 2.24) is 30.3 Å². The van der Waals surface area contributed by atoms with Crippen LogP contribution in [-0.4, -0.2) is 38.1 Å². The van der Waals surface area contributed by atoms with Gasteiger partial charge >= 0.3 is 0 Å². The van der Waals surface area contributed by atoms with E-state index in [-0.39, 0.29) is 12.1 Å². The number of nitriles is 1. The predicted molar refractivity (Wildman–Crippen MR) is 163 cm³/mol. The molecule has 2 aromatic carbocycles. The summed E-state index contributed by atoms with van der Waals surface area (Å²) in [4.78, 5) is 8.91. The number of benzene rings is 2. The molecule has 2 fully saturated rings. The summed E-state index contributed by atoms with van der Waals surface area (Å²) in [6.07, 6.45) is 8.06. The van der Waals surface area contributed by atoms with Gasteiger partial charge < -0.3 is 16.0 Å². The lowest BCUT2D eigenvalue weighted by molar-refractivity contribution is 0.509. The molecule has 3 N–H and O–H groups in total. The number of aromatic nitrogens is 5. The third-order valence-corrected chi connectivity index (χ3v) is 8.77. The minimum atomic E-state index is -0.311. The molecule has 1 saturated heterocycles. The van der Waals surface area contributed by atoms with Gasteiger partial charge in [-0.25, -0.2) is 4.68 Å². The quantitative estimate of drug-likeness (QED) is 0.199. The summed E-state index contributed by atoms with van der Waals surface area (Å²) < 4.78 is 2.02. The van der Waals surface area contributed by atoms with Gasteiger partial charge in [-0.1, -0.05) is 60.1 Å². The number of piperidine rings is 1. The topological polar surface area (TPSA) is 116 Å². The lowest BCUT2D eigenvalue weighted by Crippen LogP contribution is -2.17. The fourth-order valence-corrected chi connectivity index (χ4v) is 6.52. The second kappa shape index (κ2) is 11.0. The van der Waals surface area contributed by atoms with Gasteiger partial charge in [-0.05, 0) is 35.7 Å². The lowest BCUT2D eigenvalue weighted by Gasteiger charge is -2.22. The summed E-state index contributed by atoms with van der Waals surface area (Å²) in [6, 6.07) is 20.4. The molecule has 0 amide bonds. The molecule has 0 bridgehead atoms. The second-order valence-electron chi connectivity index (χ2n) is 11.0. The van der Waals surface area contributed by atoms with Gasteiger partial charge in [0.1, 0.15) is 11.8 Å². The van der Waals surface area contributed by atoms with Crippen molar-refractivity contribution in [1.29, 1.82) is 5.26 Å². The molecule has 10 heteroatoms. The first-order valence-electron chi connectivity index (χ1n) is 14.3. The van der Waals surface area contributed by atoms with E-state index >= 15 is 0 Å². The Morgan fingerprint density at radius 3 is 2.62 bits per heavy atom. The highest BCUT2D eigenvalue weighted by atomic mass is 35.5. The molecule has 1 unspecified atom stereocenters. The van der Waals surface area contributed by atoms with Crippen LogP contribution in [0.5, 0.6) is 0 Å². The highest BCUT2D eigenvalue weighted by molar-refractivity contribution is 6.35. The van der Waals surface area contributed by atoms with Crippen LogP contribution in [0, 0.1) is 23.2 Å². The molecule has 9 nitrogen and oxygen atoms in total. The molecule has 5 aromatic rings. The highest BCUT2D eigenvalue weighted by Crippen LogP contribution is 2.52. The first-order chi connectivity index (χ1) is 20.6. The van der Waals surface area contributed by atoms with Gasteiger partial charge in [0.15, 0.2) is 0 Å². The standard InChI is InChI=1S/C32H30ClN9/c1-2-27(19-7-4-3-5-8-19)39-29-21(13-34)15-37-31-23(29)11-22(12-26(31)33)38-30(20-9-6-10-35-14-20)28-18-42(41-40-28)32-24-16-36-17-25(24)32/h3-12,14-15,18,24-25,27,30,32,36,38H,2,16-17H2,1H3,(H,37,39)/t24-,25+,27-,30+,32?/m1/s1. The second-order valence-corrected chi connectivity index (χ2v) is 11.4. The van der Waals surface area contributed by atoms with Crippen LogP contribution in [0.15, 0.2) is 79.4 Å². The highest BCUT2D eigenvalue weighted by Gasteiger charge is 2.55. The van der Waals surface area contributed by atoms with Crippen molar-refractivity contribution < 1.29 is 0 Å². The zero-order chi connectivity index (χ0) is 28.6. The lowest BCUT2D eigenvalue weighted by atomic mass is 10.0. The normalized spacial score (nSPS) is 20.5. The van der Waals surface area contributed by atoms with Crippen LogP contribution in [0.3, 0.4) is 0 Å². The summed E-state index contributed by atoms with van der Waals surface area (Å²) >= 11 is 6.84. The van der Waals surface area contributed by atoms with Crippen molar-refractivity contribution >= 4 is 33.9 Å². The number of rotatable bonds is 9. The zero-order valence-electron chi connectivity index (χ0n) is 23.1. The van der Waals surface area contributed by atoms with Gasteiger partial charge in [0.2, 0.25) is 0 Å². The van der Waals surface area contributed by atoms with E-state index < -0.39 is 0 Å². The number of anilines is 2. The van der Waals surface area contributed by atoms with Gasteiger partial charge in [0.05, 0.1) is 46.1 Å². The molecule has 4 heterocycles. The number of pyridine rings is 2. The zero-order valence-corrected chi connectivity index (χ0v) is 23.8. The third kappa shape index (κ3) is 4.83. The smallest absolute Gasteiger partial charge is 0.110 e. The van der Waals surface area contributed by atoms with Gasteiger partial charge in [0.25, 0.3) is 0 Å². The fraction of sp³-hybridized carbons (Fsp3) is 0.281. The maximum absolute atomic E-state index is 10.0. The van der Waals surface area contributed by atoms with Crippen molar-refractivity contribution in [2.24, 2.45) is 11.8 Å². The van der Waals surface area contributed by atoms with Crippen molar-refractivity contribution in [2.75, 3.05) is 23.7 Å². The molecule has 5 atom stereocenters. The van der Waals surface area contributed by atoms with Crippen molar-refractivity contribution in [2.45, 2.75) is 31.5 Å².